The maximum absolute atomic E-state index is 12.6. The minimum absolute atomic E-state index is 0.149. The predicted molar refractivity (Wildman–Crippen MR) is 110 cm³/mol. The minimum atomic E-state index is 0.149. The van der Waals surface area contributed by atoms with Crippen LogP contribution in [0.1, 0.15) is 49.1 Å². The number of aryl methyl sites for hydroxylation is 2. The first-order chi connectivity index (χ1) is 13.6. The summed E-state index contributed by atoms with van der Waals surface area (Å²) in [5.41, 5.74) is 3.37. The lowest BCUT2D eigenvalue weighted by Gasteiger charge is -2.20. The largest absolute Gasteiger partial charge is 0.494 e. The molecule has 0 radical (unpaired) electrons. The van der Waals surface area contributed by atoms with Crippen LogP contribution in [-0.4, -0.2) is 47.3 Å². The first-order valence-corrected chi connectivity index (χ1v) is 10.3. The number of hydrogen-bond acceptors (Lipinski definition) is 4. The van der Waals surface area contributed by atoms with Gasteiger partial charge in [0.05, 0.1) is 24.5 Å². The third kappa shape index (κ3) is 5.35. The van der Waals surface area contributed by atoms with Crippen LogP contribution in [-0.2, 0) is 24.8 Å². The van der Waals surface area contributed by atoms with E-state index < -0.39 is 0 Å². The third-order valence-corrected chi connectivity index (χ3v) is 5.40. The molecule has 0 spiro atoms. The Morgan fingerprint density at radius 1 is 1.36 bits per heavy atom. The lowest BCUT2D eigenvalue weighted by molar-refractivity contribution is -0.130. The van der Waals surface area contributed by atoms with Gasteiger partial charge in [-0.15, -0.1) is 0 Å². The van der Waals surface area contributed by atoms with Gasteiger partial charge in [-0.3, -0.25) is 9.48 Å². The summed E-state index contributed by atoms with van der Waals surface area (Å²) in [6.07, 6.45) is 3.61. The Kier molecular flexibility index (Phi) is 7.09. The van der Waals surface area contributed by atoms with Gasteiger partial charge in [0.25, 0.3) is 0 Å². The molecular formula is C22H32N4O2. The second-order valence-electron chi connectivity index (χ2n) is 7.55. The van der Waals surface area contributed by atoms with Gasteiger partial charge in [0.15, 0.2) is 0 Å². The van der Waals surface area contributed by atoms with Crippen molar-refractivity contribution in [2.24, 2.45) is 7.05 Å². The van der Waals surface area contributed by atoms with E-state index in [-0.39, 0.29) is 5.91 Å². The Hall–Kier alpha value is -2.34. The van der Waals surface area contributed by atoms with Crippen molar-refractivity contribution in [3.8, 4) is 5.75 Å². The van der Waals surface area contributed by atoms with Crippen LogP contribution in [0.25, 0.3) is 0 Å². The van der Waals surface area contributed by atoms with E-state index in [0.717, 1.165) is 42.2 Å². The van der Waals surface area contributed by atoms with Crippen molar-refractivity contribution in [3.63, 3.8) is 0 Å². The molecular weight excluding hydrogens is 352 g/mol. The fourth-order valence-electron chi connectivity index (χ4n) is 3.67. The number of carbonyl (C=O) groups excluding carboxylic acids is 1. The molecule has 1 amide bonds. The van der Waals surface area contributed by atoms with Gasteiger partial charge in [-0.05, 0) is 56.5 Å². The Morgan fingerprint density at radius 3 is 2.82 bits per heavy atom. The smallest absolute Gasteiger partial charge is 0.222 e. The SMILES string of the molecule is CCOc1ccc(CCC(=O)N(C)Cc2cc(C3CCCNC3)nn2C)cc1. The number of nitrogens with one attached hydrogen (secondary N) is 1. The van der Waals surface area contributed by atoms with Crippen molar-refractivity contribution in [2.75, 3.05) is 26.7 Å². The molecule has 28 heavy (non-hydrogen) atoms. The van der Waals surface area contributed by atoms with E-state index in [1.165, 1.54) is 12.8 Å². The Morgan fingerprint density at radius 2 is 2.14 bits per heavy atom. The van der Waals surface area contributed by atoms with Crippen LogP contribution >= 0.6 is 0 Å². The fourth-order valence-corrected chi connectivity index (χ4v) is 3.67. The van der Waals surface area contributed by atoms with Crippen LogP contribution in [0.2, 0.25) is 0 Å². The van der Waals surface area contributed by atoms with Crippen molar-refractivity contribution in [3.05, 3.63) is 47.3 Å². The van der Waals surface area contributed by atoms with E-state index in [9.17, 15) is 4.79 Å². The molecule has 1 N–H and O–H groups in total. The first kappa shape index (κ1) is 20.4. The average molecular weight is 385 g/mol. The van der Waals surface area contributed by atoms with Crippen LogP contribution in [0, 0.1) is 0 Å². The molecule has 1 aromatic carbocycles. The zero-order valence-corrected chi connectivity index (χ0v) is 17.3. The highest BCUT2D eigenvalue weighted by Crippen LogP contribution is 2.23. The van der Waals surface area contributed by atoms with E-state index in [1.807, 2.05) is 50.0 Å². The molecule has 0 bridgehead atoms. The third-order valence-electron chi connectivity index (χ3n) is 5.40. The van der Waals surface area contributed by atoms with Gasteiger partial charge in [-0.1, -0.05) is 12.1 Å². The summed E-state index contributed by atoms with van der Waals surface area (Å²) in [6.45, 7) is 5.32. The first-order valence-electron chi connectivity index (χ1n) is 10.3. The molecule has 1 aliphatic heterocycles. The van der Waals surface area contributed by atoms with Crippen LogP contribution < -0.4 is 10.1 Å². The number of hydrogen-bond donors (Lipinski definition) is 1. The van der Waals surface area contributed by atoms with Gasteiger partial charge < -0.3 is 15.0 Å². The number of carbonyl (C=O) groups is 1. The summed E-state index contributed by atoms with van der Waals surface area (Å²) in [4.78, 5) is 14.4. The predicted octanol–water partition coefficient (Wildman–Crippen LogP) is 2.88. The number of piperidine rings is 1. The molecule has 1 saturated heterocycles. The van der Waals surface area contributed by atoms with Crippen LogP contribution in [0.3, 0.4) is 0 Å². The summed E-state index contributed by atoms with van der Waals surface area (Å²) in [5, 5.41) is 8.13. The summed E-state index contributed by atoms with van der Waals surface area (Å²) in [5.74, 6) is 1.50. The van der Waals surface area contributed by atoms with Crippen molar-refractivity contribution in [1.29, 1.82) is 0 Å². The molecule has 0 saturated carbocycles. The highest BCUT2D eigenvalue weighted by molar-refractivity contribution is 5.76. The number of aromatic nitrogens is 2. The highest BCUT2D eigenvalue weighted by Gasteiger charge is 2.20. The Bertz CT molecular complexity index is 763. The summed E-state index contributed by atoms with van der Waals surface area (Å²) in [6, 6.07) is 10.1. The topological polar surface area (TPSA) is 59.4 Å². The van der Waals surface area contributed by atoms with Gasteiger partial charge in [-0.25, -0.2) is 0 Å². The van der Waals surface area contributed by atoms with Gasteiger partial charge in [0.2, 0.25) is 5.91 Å². The van der Waals surface area contributed by atoms with E-state index in [0.29, 0.717) is 25.5 Å². The number of benzene rings is 1. The maximum atomic E-state index is 12.6. The van der Waals surface area contributed by atoms with E-state index in [2.05, 4.69) is 11.4 Å². The van der Waals surface area contributed by atoms with Gasteiger partial charge in [0, 0.05) is 33.0 Å². The van der Waals surface area contributed by atoms with Gasteiger partial charge >= 0.3 is 0 Å². The van der Waals surface area contributed by atoms with Crippen LogP contribution in [0.5, 0.6) is 5.75 Å². The molecule has 1 aromatic heterocycles. The average Bonchev–Trinajstić information content (AvgIpc) is 3.08. The second kappa shape index (κ2) is 9.73. The monoisotopic (exact) mass is 384 g/mol. The highest BCUT2D eigenvalue weighted by atomic mass is 16.5. The van der Waals surface area contributed by atoms with Gasteiger partial charge in [-0.2, -0.15) is 5.10 Å². The summed E-state index contributed by atoms with van der Waals surface area (Å²) in [7, 11) is 3.84. The van der Waals surface area contributed by atoms with E-state index in [4.69, 9.17) is 9.84 Å². The van der Waals surface area contributed by atoms with E-state index >= 15 is 0 Å². The Balaban J connectivity index is 1.51. The van der Waals surface area contributed by atoms with Crippen LogP contribution in [0.15, 0.2) is 30.3 Å². The van der Waals surface area contributed by atoms with Crippen molar-refractivity contribution in [1.82, 2.24) is 20.0 Å². The summed E-state index contributed by atoms with van der Waals surface area (Å²) >= 11 is 0. The molecule has 6 heteroatoms. The summed E-state index contributed by atoms with van der Waals surface area (Å²) < 4.78 is 7.38. The molecule has 152 valence electrons. The number of rotatable bonds is 8. The van der Waals surface area contributed by atoms with Crippen molar-refractivity contribution < 1.29 is 9.53 Å². The molecule has 1 aliphatic rings. The molecule has 3 rings (SSSR count). The van der Waals surface area contributed by atoms with Crippen molar-refractivity contribution in [2.45, 2.75) is 45.1 Å². The lowest BCUT2D eigenvalue weighted by Crippen LogP contribution is -2.28. The molecule has 1 atom stereocenters. The minimum Gasteiger partial charge on any atom is -0.494 e. The zero-order valence-electron chi connectivity index (χ0n) is 17.3. The number of nitrogens with zero attached hydrogens (tertiary/aromatic N) is 3. The second-order valence-corrected chi connectivity index (χ2v) is 7.55. The molecule has 1 fully saturated rings. The Labute approximate surface area is 167 Å². The van der Waals surface area contributed by atoms with Crippen molar-refractivity contribution >= 4 is 5.91 Å². The molecule has 6 nitrogen and oxygen atoms in total. The zero-order chi connectivity index (χ0) is 19.9. The fraction of sp³-hybridized carbons (Fsp3) is 0.545. The normalized spacial score (nSPS) is 16.8. The molecule has 1 unspecified atom stereocenters. The molecule has 0 aliphatic carbocycles. The number of ether oxygens (including phenoxy) is 1. The molecule has 2 aromatic rings. The van der Waals surface area contributed by atoms with Crippen LogP contribution in [0.4, 0.5) is 0 Å². The maximum Gasteiger partial charge on any atom is 0.222 e. The lowest BCUT2D eigenvalue weighted by atomic mass is 9.96. The number of amides is 1. The van der Waals surface area contributed by atoms with E-state index in [1.54, 1.807) is 4.90 Å². The quantitative estimate of drug-likeness (QED) is 0.760. The molecule has 2 heterocycles. The standard InChI is InChI=1S/C22H32N4O2/c1-4-28-20-10-7-17(8-11-20)9-12-22(27)25(2)16-19-14-21(24-26(19)3)18-6-5-13-23-15-18/h7-8,10-11,14,18,23H,4-6,9,12-13,15-16H2,1-3H3. The van der Waals surface area contributed by atoms with Gasteiger partial charge in [0.1, 0.15) is 5.75 Å².